The monoisotopic (exact) mass is 303 g/mol. The van der Waals surface area contributed by atoms with Gasteiger partial charge in [-0.25, -0.2) is 0 Å². The number of anilines is 1. The first-order chi connectivity index (χ1) is 10.8. The summed E-state index contributed by atoms with van der Waals surface area (Å²) in [6.45, 7) is 9.06. The summed E-state index contributed by atoms with van der Waals surface area (Å²) in [7, 11) is 0. The highest BCUT2D eigenvalue weighted by molar-refractivity contribution is 5.92. The molecular weight excluding hydrogens is 278 g/mol. The molecule has 0 spiro atoms. The molecule has 2 fully saturated rings. The zero-order valence-electron chi connectivity index (χ0n) is 13.4. The Morgan fingerprint density at radius 3 is 2.32 bits per heavy atom. The summed E-state index contributed by atoms with van der Waals surface area (Å²) in [6, 6.07) is 3.76. The second kappa shape index (κ2) is 7.05. The standard InChI is InChI=1S/C16H25N5O/c1-2-19-10-12-20(13-11-19)15-7-6-14(17-18-15)16(22)21-8-4-3-5-9-21/h6-7H,2-5,8-13H2,1H3. The molecule has 22 heavy (non-hydrogen) atoms. The Balaban J connectivity index is 1.61. The van der Waals surface area contributed by atoms with E-state index in [1.165, 1.54) is 6.42 Å². The van der Waals surface area contributed by atoms with Crippen molar-refractivity contribution in [3.05, 3.63) is 17.8 Å². The van der Waals surface area contributed by atoms with Crippen molar-refractivity contribution in [1.29, 1.82) is 0 Å². The zero-order valence-corrected chi connectivity index (χ0v) is 13.4. The number of piperazine rings is 1. The minimum absolute atomic E-state index is 0.0227. The van der Waals surface area contributed by atoms with Crippen LogP contribution in [0.4, 0.5) is 5.82 Å². The van der Waals surface area contributed by atoms with Gasteiger partial charge in [-0.1, -0.05) is 6.92 Å². The lowest BCUT2D eigenvalue weighted by Crippen LogP contribution is -2.46. The van der Waals surface area contributed by atoms with Gasteiger partial charge in [-0.2, -0.15) is 0 Å². The molecule has 6 heteroatoms. The van der Waals surface area contributed by atoms with Gasteiger partial charge >= 0.3 is 0 Å². The van der Waals surface area contributed by atoms with Gasteiger partial charge in [-0.05, 0) is 37.9 Å². The van der Waals surface area contributed by atoms with Gasteiger partial charge in [-0.15, -0.1) is 10.2 Å². The minimum atomic E-state index is 0.0227. The van der Waals surface area contributed by atoms with Crippen LogP contribution in [-0.2, 0) is 0 Å². The molecule has 0 unspecified atom stereocenters. The van der Waals surface area contributed by atoms with Crippen molar-refractivity contribution in [3.63, 3.8) is 0 Å². The highest BCUT2D eigenvalue weighted by Gasteiger charge is 2.21. The van der Waals surface area contributed by atoms with Crippen LogP contribution in [0.15, 0.2) is 12.1 Å². The summed E-state index contributed by atoms with van der Waals surface area (Å²) >= 11 is 0. The van der Waals surface area contributed by atoms with Gasteiger partial charge < -0.3 is 14.7 Å². The van der Waals surface area contributed by atoms with Gasteiger partial charge in [0.25, 0.3) is 5.91 Å². The van der Waals surface area contributed by atoms with Crippen LogP contribution in [0.2, 0.25) is 0 Å². The first-order valence-electron chi connectivity index (χ1n) is 8.38. The molecule has 1 aromatic heterocycles. The average Bonchev–Trinajstić information content (AvgIpc) is 2.62. The molecule has 120 valence electrons. The van der Waals surface area contributed by atoms with Crippen LogP contribution in [0.1, 0.15) is 36.7 Å². The highest BCUT2D eigenvalue weighted by Crippen LogP contribution is 2.15. The molecule has 0 bridgehead atoms. The predicted molar refractivity (Wildman–Crippen MR) is 86.1 cm³/mol. The number of carbonyl (C=O) groups excluding carboxylic acids is 1. The Hall–Kier alpha value is -1.69. The number of likely N-dealkylation sites (tertiary alicyclic amines) is 1. The fourth-order valence-electron chi connectivity index (χ4n) is 3.16. The van der Waals surface area contributed by atoms with Crippen molar-refractivity contribution < 1.29 is 4.79 Å². The number of amides is 1. The lowest BCUT2D eigenvalue weighted by atomic mass is 10.1. The molecule has 0 atom stereocenters. The number of nitrogens with zero attached hydrogens (tertiary/aromatic N) is 5. The first kappa shape index (κ1) is 15.2. The molecule has 1 amide bonds. The van der Waals surface area contributed by atoms with Gasteiger partial charge in [0.1, 0.15) is 0 Å². The molecule has 1 aromatic rings. The van der Waals surface area contributed by atoms with E-state index in [2.05, 4.69) is 26.9 Å². The largest absolute Gasteiger partial charge is 0.353 e. The molecule has 2 aliphatic rings. The normalized spacial score (nSPS) is 20.2. The van der Waals surface area contributed by atoms with Crippen LogP contribution in [0, 0.1) is 0 Å². The molecular formula is C16H25N5O. The first-order valence-corrected chi connectivity index (χ1v) is 8.38. The summed E-state index contributed by atoms with van der Waals surface area (Å²) in [6.07, 6.45) is 3.41. The summed E-state index contributed by atoms with van der Waals surface area (Å²) in [5.41, 5.74) is 0.470. The van der Waals surface area contributed by atoms with Crippen molar-refractivity contribution >= 4 is 11.7 Å². The van der Waals surface area contributed by atoms with Crippen LogP contribution in [0.25, 0.3) is 0 Å². The average molecular weight is 303 g/mol. The lowest BCUT2D eigenvalue weighted by molar-refractivity contribution is 0.0717. The van der Waals surface area contributed by atoms with Gasteiger partial charge in [0.05, 0.1) is 0 Å². The molecule has 0 saturated carbocycles. The maximum Gasteiger partial charge on any atom is 0.274 e. The molecule has 3 rings (SSSR count). The van der Waals surface area contributed by atoms with Crippen LogP contribution in [0.3, 0.4) is 0 Å². The number of carbonyl (C=O) groups is 1. The van der Waals surface area contributed by atoms with Crippen molar-refractivity contribution in [2.45, 2.75) is 26.2 Å². The second-order valence-corrected chi connectivity index (χ2v) is 6.05. The summed E-state index contributed by atoms with van der Waals surface area (Å²) < 4.78 is 0. The summed E-state index contributed by atoms with van der Waals surface area (Å²) in [5.74, 6) is 0.903. The number of hydrogen-bond donors (Lipinski definition) is 0. The summed E-state index contributed by atoms with van der Waals surface area (Å²) in [5, 5.41) is 8.45. The number of aromatic nitrogens is 2. The highest BCUT2D eigenvalue weighted by atomic mass is 16.2. The maximum absolute atomic E-state index is 12.4. The van der Waals surface area contributed by atoms with Gasteiger partial charge in [0.2, 0.25) is 0 Å². The zero-order chi connectivity index (χ0) is 15.4. The number of likely N-dealkylation sites (N-methyl/N-ethyl adjacent to an activating group) is 1. The van der Waals surface area contributed by atoms with Crippen molar-refractivity contribution in [3.8, 4) is 0 Å². The fraction of sp³-hybridized carbons (Fsp3) is 0.688. The van der Waals surface area contributed by atoms with E-state index < -0.39 is 0 Å². The minimum Gasteiger partial charge on any atom is -0.353 e. The Kier molecular flexibility index (Phi) is 4.87. The van der Waals surface area contributed by atoms with E-state index in [0.717, 1.165) is 64.5 Å². The molecule has 0 N–H and O–H groups in total. The van der Waals surface area contributed by atoms with E-state index in [9.17, 15) is 4.79 Å². The SMILES string of the molecule is CCN1CCN(c2ccc(C(=O)N3CCCCC3)nn2)CC1. The third-order valence-corrected chi connectivity index (χ3v) is 4.66. The van der Waals surface area contributed by atoms with E-state index in [1.54, 1.807) is 0 Å². The Bertz CT molecular complexity index is 490. The van der Waals surface area contributed by atoms with Gasteiger partial charge in [-0.3, -0.25) is 4.79 Å². The van der Waals surface area contributed by atoms with E-state index in [0.29, 0.717) is 5.69 Å². The molecule has 6 nitrogen and oxygen atoms in total. The number of piperidine rings is 1. The van der Waals surface area contributed by atoms with Gasteiger partial charge in [0.15, 0.2) is 11.5 Å². The maximum atomic E-state index is 12.4. The number of hydrogen-bond acceptors (Lipinski definition) is 5. The van der Waals surface area contributed by atoms with E-state index in [4.69, 9.17) is 0 Å². The molecule has 0 aromatic carbocycles. The van der Waals surface area contributed by atoms with Crippen LogP contribution >= 0.6 is 0 Å². The molecule has 2 aliphatic heterocycles. The van der Waals surface area contributed by atoms with E-state index in [1.807, 2.05) is 17.0 Å². The Labute approximate surface area is 132 Å². The molecule has 2 saturated heterocycles. The second-order valence-electron chi connectivity index (χ2n) is 6.05. The van der Waals surface area contributed by atoms with Crippen LogP contribution in [-0.4, -0.2) is 71.7 Å². The fourth-order valence-corrected chi connectivity index (χ4v) is 3.16. The third-order valence-electron chi connectivity index (χ3n) is 4.66. The van der Waals surface area contributed by atoms with Crippen molar-refractivity contribution in [2.24, 2.45) is 0 Å². The summed E-state index contributed by atoms with van der Waals surface area (Å²) in [4.78, 5) is 18.9. The smallest absolute Gasteiger partial charge is 0.274 e. The molecule has 0 radical (unpaired) electrons. The third kappa shape index (κ3) is 3.38. The molecule has 3 heterocycles. The predicted octanol–water partition coefficient (Wildman–Crippen LogP) is 1.24. The van der Waals surface area contributed by atoms with Gasteiger partial charge in [0, 0.05) is 39.3 Å². The van der Waals surface area contributed by atoms with Crippen LogP contribution in [0.5, 0.6) is 0 Å². The topological polar surface area (TPSA) is 52.6 Å². The van der Waals surface area contributed by atoms with Crippen molar-refractivity contribution in [1.82, 2.24) is 20.0 Å². The van der Waals surface area contributed by atoms with Crippen molar-refractivity contribution in [2.75, 3.05) is 50.7 Å². The number of rotatable bonds is 3. The van der Waals surface area contributed by atoms with Crippen LogP contribution < -0.4 is 4.90 Å². The van der Waals surface area contributed by atoms with E-state index >= 15 is 0 Å². The quantitative estimate of drug-likeness (QED) is 0.841. The Morgan fingerprint density at radius 2 is 1.73 bits per heavy atom. The lowest BCUT2D eigenvalue weighted by Gasteiger charge is -2.34. The van der Waals surface area contributed by atoms with E-state index in [-0.39, 0.29) is 5.91 Å². The molecule has 0 aliphatic carbocycles. The Morgan fingerprint density at radius 1 is 1.00 bits per heavy atom.